The molecule has 0 aliphatic carbocycles. The Labute approximate surface area is 72.6 Å². The van der Waals surface area contributed by atoms with Gasteiger partial charge in [-0.2, -0.15) is 0 Å². The molecule has 0 fully saturated rings. The highest BCUT2D eigenvalue weighted by Gasteiger charge is 2.00. The van der Waals surface area contributed by atoms with E-state index in [1.807, 2.05) is 4.57 Å². The van der Waals surface area contributed by atoms with E-state index in [1.165, 1.54) is 0 Å². The van der Waals surface area contributed by atoms with Crippen LogP contribution in [0.2, 0.25) is 0 Å². The molecule has 1 rings (SSSR count). The van der Waals surface area contributed by atoms with Crippen LogP contribution in [-0.2, 0) is 17.9 Å². The maximum Gasteiger partial charge on any atom is 0.158 e. The van der Waals surface area contributed by atoms with Gasteiger partial charge in [-0.1, -0.05) is 6.92 Å². The van der Waals surface area contributed by atoms with Gasteiger partial charge in [-0.05, 0) is 13.3 Å². The van der Waals surface area contributed by atoms with E-state index in [4.69, 9.17) is 4.74 Å². The van der Waals surface area contributed by atoms with Gasteiger partial charge in [0.15, 0.2) is 5.82 Å². The van der Waals surface area contributed by atoms with Crippen molar-refractivity contribution in [3.63, 3.8) is 0 Å². The Hall–Kier alpha value is -0.900. The predicted molar refractivity (Wildman–Crippen MR) is 45.6 cm³/mol. The summed E-state index contributed by atoms with van der Waals surface area (Å²) in [6.45, 7) is 6.41. The van der Waals surface area contributed by atoms with Crippen molar-refractivity contribution in [3.8, 4) is 0 Å². The molecular formula is C8H15N3O. The summed E-state index contributed by atoms with van der Waals surface area (Å²) >= 11 is 0. The van der Waals surface area contributed by atoms with E-state index < -0.39 is 0 Å². The summed E-state index contributed by atoms with van der Waals surface area (Å²) in [4.78, 5) is 0. The van der Waals surface area contributed by atoms with Gasteiger partial charge in [-0.25, -0.2) is 0 Å². The Morgan fingerprint density at radius 3 is 3.00 bits per heavy atom. The number of nitrogens with zero attached hydrogens (tertiary/aromatic N) is 3. The van der Waals surface area contributed by atoms with E-state index in [0.717, 1.165) is 25.4 Å². The summed E-state index contributed by atoms with van der Waals surface area (Å²) in [6.07, 6.45) is 2.77. The summed E-state index contributed by atoms with van der Waals surface area (Å²) in [5.41, 5.74) is 0. The van der Waals surface area contributed by atoms with E-state index in [-0.39, 0.29) is 0 Å². The molecule has 1 aromatic heterocycles. The fourth-order valence-corrected chi connectivity index (χ4v) is 0.963. The summed E-state index contributed by atoms with van der Waals surface area (Å²) in [7, 11) is 0. The lowest BCUT2D eigenvalue weighted by atomic mass is 10.5. The molecule has 0 radical (unpaired) electrons. The summed E-state index contributed by atoms with van der Waals surface area (Å²) in [5, 5.41) is 7.75. The van der Waals surface area contributed by atoms with Crippen molar-refractivity contribution in [2.24, 2.45) is 0 Å². The van der Waals surface area contributed by atoms with Crippen LogP contribution >= 0.6 is 0 Å². The SMILES string of the molecule is CCCOCc1nncn1CC. The first-order chi connectivity index (χ1) is 5.88. The number of rotatable bonds is 5. The lowest BCUT2D eigenvalue weighted by Gasteiger charge is -2.02. The second-order valence-electron chi connectivity index (χ2n) is 2.59. The average molecular weight is 169 g/mol. The lowest BCUT2D eigenvalue weighted by Crippen LogP contribution is -2.03. The number of ether oxygens (including phenoxy) is 1. The van der Waals surface area contributed by atoms with Gasteiger partial charge in [0, 0.05) is 13.2 Å². The molecule has 0 aliphatic heterocycles. The smallest absolute Gasteiger partial charge is 0.158 e. The van der Waals surface area contributed by atoms with Crippen LogP contribution in [0.1, 0.15) is 26.1 Å². The number of aryl methyl sites for hydroxylation is 1. The minimum absolute atomic E-state index is 0.571. The van der Waals surface area contributed by atoms with Crippen molar-refractivity contribution in [1.29, 1.82) is 0 Å². The minimum Gasteiger partial charge on any atom is -0.373 e. The molecule has 4 nitrogen and oxygen atoms in total. The second-order valence-corrected chi connectivity index (χ2v) is 2.59. The fourth-order valence-electron chi connectivity index (χ4n) is 0.963. The fraction of sp³-hybridized carbons (Fsp3) is 0.750. The van der Waals surface area contributed by atoms with Crippen molar-refractivity contribution < 1.29 is 4.74 Å². The monoisotopic (exact) mass is 169 g/mol. The molecule has 0 spiro atoms. The van der Waals surface area contributed by atoms with Gasteiger partial charge >= 0.3 is 0 Å². The average Bonchev–Trinajstić information content (AvgIpc) is 2.52. The van der Waals surface area contributed by atoms with Gasteiger partial charge in [0.25, 0.3) is 0 Å². The van der Waals surface area contributed by atoms with E-state index in [1.54, 1.807) is 6.33 Å². The van der Waals surface area contributed by atoms with Crippen LogP contribution in [-0.4, -0.2) is 21.4 Å². The third kappa shape index (κ3) is 2.30. The highest BCUT2D eigenvalue weighted by molar-refractivity contribution is 4.81. The van der Waals surface area contributed by atoms with Crippen LogP contribution in [0.3, 0.4) is 0 Å². The Bertz CT molecular complexity index is 222. The van der Waals surface area contributed by atoms with Crippen LogP contribution < -0.4 is 0 Å². The highest BCUT2D eigenvalue weighted by Crippen LogP contribution is 1.97. The quantitative estimate of drug-likeness (QED) is 0.622. The molecule has 1 aromatic rings. The van der Waals surface area contributed by atoms with Crippen molar-refractivity contribution in [2.75, 3.05) is 6.61 Å². The highest BCUT2D eigenvalue weighted by atomic mass is 16.5. The third-order valence-corrected chi connectivity index (χ3v) is 1.62. The lowest BCUT2D eigenvalue weighted by molar-refractivity contribution is 0.113. The summed E-state index contributed by atoms with van der Waals surface area (Å²) in [5.74, 6) is 0.908. The summed E-state index contributed by atoms with van der Waals surface area (Å²) in [6, 6.07) is 0. The number of aromatic nitrogens is 3. The Morgan fingerprint density at radius 2 is 2.33 bits per heavy atom. The van der Waals surface area contributed by atoms with E-state index in [9.17, 15) is 0 Å². The van der Waals surface area contributed by atoms with Gasteiger partial charge in [0.05, 0.1) is 0 Å². The number of hydrogen-bond acceptors (Lipinski definition) is 3. The molecule has 0 amide bonds. The standard InChI is InChI=1S/C8H15N3O/c1-3-5-12-6-8-10-9-7-11(8)4-2/h7H,3-6H2,1-2H3. The molecule has 4 heteroatoms. The molecule has 0 saturated heterocycles. The molecule has 0 aliphatic rings. The summed E-state index contributed by atoms with van der Waals surface area (Å²) < 4.78 is 7.33. The first-order valence-corrected chi connectivity index (χ1v) is 4.32. The zero-order valence-corrected chi connectivity index (χ0v) is 7.66. The molecule has 12 heavy (non-hydrogen) atoms. The molecule has 0 unspecified atom stereocenters. The molecule has 0 aromatic carbocycles. The van der Waals surface area contributed by atoms with Gasteiger partial charge in [0.1, 0.15) is 12.9 Å². The Kier molecular flexibility index (Phi) is 3.73. The molecular weight excluding hydrogens is 154 g/mol. The van der Waals surface area contributed by atoms with Crippen molar-refractivity contribution in [1.82, 2.24) is 14.8 Å². The first kappa shape index (κ1) is 9.19. The molecule has 0 N–H and O–H groups in total. The predicted octanol–water partition coefficient (Wildman–Crippen LogP) is 1.22. The maximum absolute atomic E-state index is 5.35. The van der Waals surface area contributed by atoms with E-state index in [0.29, 0.717) is 6.61 Å². The van der Waals surface area contributed by atoms with Crippen LogP contribution in [0.25, 0.3) is 0 Å². The van der Waals surface area contributed by atoms with Crippen LogP contribution in [0.5, 0.6) is 0 Å². The van der Waals surface area contributed by atoms with Crippen LogP contribution in [0, 0.1) is 0 Å². The zero-order valence-electron chi connectivity index (χ0n) is 7.66. The molecule has 1 heterocycles. The topological polar surface area (TPSA) is 39.9 Å². The van der Waals surface area contributed by atoms with E-state index >= 15 is 0 Å². The maximum atomic E-state index is 5.35. The van der Waals surface area contributed by atoms with Crippen LogP contribution in [0.15, 0.2) is 6.33 Å². The number of hydrogen-bond donors (Lipinski definition) is 0. The minimum atomic E-state index is 0.571. The van der Waals surface area contributed by atoms with Gasteiger partial charge in [-0.15, -0.1) is 10.2 Å². The largest absolute Gasteiger partial charge is 0.373 e. The second kappa shape index (κ2) is 4.87. The molecule has 0 atom stereocenters. The molecule has 68 valence electrons. The van der Waals surface area contributed by atoms with Gasteiger partial charge < -0.3 is 9.30 Å². The Morgan fingerprint density at radius 1 is 1.50 bits per heavy atom. The Balaban J connectivity index is 2.39. The molecule has 0 saturated carbocycles. The molecule has 0 bridgehead atoms. The van der Waals surface area contributed by atoms with Crippen molar-refractivity contribution >= 4 is 0 Å². The van der Waals surface area contributed by atoms with Gasteiger partial charge in [-0.3, -0.25) is 0 Å². The first-order valence-electron chi connectivity index (χ1n) is 4.32. The van der Waals surface area contributed by atoms with Crippen molar-refractivity contribution in [2.45, 2.75) is 33.4 Å². The van der Waals surface area contributed by atoms with E-state index in [2.05, 4.69) is 24.0 Å². The normalized spacial score (nSPS) is 10.5. The third-order valence-electron chi connectivity index (χ3n) is 1.62. The van der Waals surface area contributed by atoms with Gasteiger partial charge in [0.2, 0.25) is 0 Å². The van der Waals surface area contributed by atoms with Crippen LogP contribution in [0.4, 0.5) is 0 Å². The zero-order chi connectivity index (χ0) is 8.81. The van der Waals surface area contributed by atoms with Crippen molar-refractivity contribution in [3.05, 3.63) is 12.2 Å².